The standard InChI is InChI=1S/C39H31NO2/c1-2-42-39(41)38-36(30-15-7-3-8-16-30)27-32(28-37(38)31-17-9-4-10-18-31)29-23-25-35(26-24-29)40(33-19-11-5-12-20-33)34-21-13-6-14-22-34/h3-28H,2H2,1H3. The molecule has 0 aliphatic carbocycles. The first kappa shape index (κ1) is 26.8. The quantitative estimate of drug-likeness (QED) is 0.178. The maximum Gasteiger partial charge on any atom is 0.339 e. The lowest BCUT2D eigenvalue weighted by atomic mass is 9.87. The van der Waals surface area contributed by atoms with Crippen LogP contribution in [0.5, 0.6) is 0 Å². The van der Waals surface area contributed by atoms with Gasteiger partial charge in [-0.25, -0.2) is 4.79 Å². The summed E-state index contributed by atoms with van der Waals surface area (Å²) >= 11 is 0. The fraction of sp³-hybridized carbons (Fsp3) is 0.0513. The normalized spacial score (nSPS) is 10.7. The number of hydrogen-bond donors (Lipinski definition) is 0. The van der Waals surface area contributed by atoms with Crippen LogP contribution in [-0.4, -0.2) is 12.6 Å². The molecular formula is C39H31NO2. The molecule has 0 spiro atoms. The second-order valence-corrected chi connectivity index (χ2v) is 9.95. The first-order chi connectivity index (χ1) is 20.7. The SMILES string of the molecule is CCOC(=O)c1c(-c2ccccc2)cc(-c2ccc(N(c3ccccc3)c3ccccc3)cc2)cc1-c1ccccc1. The van der Waals surface area contributed by atoms with E-state index in [1.807, 2.05) is 79.7 Å². The van der Waals surface area contributed by atoms with Crippen molar-refractivity contribution in [2.45, 2.75) is 6.92 Å². The summed E-state index contributed by atoms with van der Waals surface area (Å²) in [5.41, 5.74) is 9.55. The molecule has 0 fully saturated rings. The van der Waals surface area contributed by atoms with Gasteiger partial charge in [0, 0.05) is 17.1 Å². The maximum absolute atomic E-state index is 13.4. The number of rotatable bonds is 8. The van der Waals surface area contributed by atoms with E-state index in [1.165, 1.54) is 0 Å². The van der Waals surface area contributed by atoms with Crippen molar-refractivity contribution in [3.05, 3.63) is 163 Å². The van der Waals surface area contributed by atoms with Crippen LogP contribution in [-0.2, 0) is 4.74 Å². The molecule has 42 heavy (non-hydrogen) atoms. The number of carbonyl (C=O) groups is 1. The molecule has 0 unspecified atom stereocenters. The molecule has 0 amide bonds. The Morgan fingerprint density at radius 1 is 0.500 bits per heavy atom. The van der Waals surface area contributed by atoms with Gasteiger partial charge < -0.3 is 9.64 Å². The molecule has 3 heteroatoms. The Bertz CT molecular complexity index is 1670. The number of ether oxygens (including phenoxy) is 1. The van der Waals surface area contributed by atoms with E-state index in [9.17, 15) is 4.79 Å². The Labute approximate surface area is 247 Å². The molecule has 0 atom stereocenters. The van der Waals surface area contributed by atoms with Crippen molar-refractivity contribution >= 4 is 23.0 Å². The number of anilines is 3. The van der Waals surface area contributed by atoms with Gasteiger partial charge in [0.15, 0.2) is 0 Å². The van der Waals surface area contributed by atoms with Gasteiger partial charge in [-0.15, -0.1) is 0 Å². The molecule has 0 saturated heterocycles. The molecule has 3 nitrogen and oxygen atoms in total. The van der Waals surface area contributed by atoms with E-state index in [0.717, 1.165) is 50.4 Å². The Hall–Kier alpha value is -5.41. The Morgan fingerprint density at radius 3 is 1.33 bits per heavy atom. The zero-order chi connectivity index (χ0) is 28.7. The number of esters is 1. The third-order valence-corrected chi connectivity index (χ3v) is 7.28. The zero-order valence-electron chi connectivity index (χ0n) is 23.5. The van der Waals surface area contributed by atoms with Crippen LogP contribution in [0.2, 0.25) is 0 Å². The maximum atomic E-state index is 13.4. The van der Waals surface area contributed by atoms with Crippen LogP contribution in [0, 0.1) is 0 Å². The minimum absolute atomic E-state index is 0.309. The van der Waals surface area contributed by atoms with Crippen molar-refractivity contribution in [1.82, 2.24) is 0 Å². The van der Waals surface area contributed by atoms with Gasteiger partial charge in [0.05, 0.1) is 12.2 Å². The number of para-hydroxylation sites is 2. The highest BCUT2D eigenvalue weighted by molar-refractivity contribution is 6.05. The first-order valence-electron chi connectivity index (χ1n) is 14.2. The highest BCUT2D eigenvalue weighted by Crippen LogP contribution is 2.39. The molecule has 6 aromatic rings. The van der Waals surface area contributed by atoms with Crippen molar-refractivity contribution < 1.29 is 9.53 Å². The molecule has 0 N–H and O–H groups in total. The average Bonchev–Trinajstić information content (AvgIpc) is 3.06. The molecule has 6 aromatic carbocycles. The highest BCUT2D eigenvalue weighted by atomic mass is 16.5. The van der Waals surface area contributed by atoms with Gasteiger partial charge in [0.25, 0.3) is 0 Å². The Morgan fingerprint density at radius 2 is 0.905 bits per heavy atom. The van der Waals surface area contributed by atoms with Crippen LogP contribution in [0.15, 0.2) is 158 Å². The molecule has 6 rings (SSSR count). The molecule has 204 valence electrons. The van der Waals surface area contributed by atoms with Crippen LogP contribution in [0.3, 0.4) is 0 Å². The third kappa shape index (κ3) is 5.59. The van der Waals surface area contributed by atoms with Gasteiger partial charge in [-0.05, 0) is 88.8 Å². The Kier molecular flexibility index (Phi) is 7.91. The van der Waals surface area contributed by atoms with E-state index in [-0.39, 0.29) is 5.97 Å². The van der Waals surface area contributed by atoms with Gasteiger partial charge in [0.2, 0.25) is 0 Å². The van der Waals surface area contributed by atoms with E-state index < -0.39 is 0 Å². The highest BCUT2D eigenvalue weighted by Gasteiger charge is 2.22. The van der Waals surface area contributed by atoms with Crippen molar-refractivity contribution in [2.75, 3.05) is 11.5 Å². The lowest BCUT2D eigenvalue weighted by Crippen LogP contribution is -2.10. The number of hydrogen-bond acceptors (Lipinski definition) is 3. The second-order valence-electron chi connectivity index (χ2n) is 9.95. The van der Waals surface area contributed by atoms with Crippen LogP contribution in [0.4, 0.5) is 17.1 Å². The van der Waals surface area contributed by atoms with Crippen LogP contribution < -0.4 is 4.90 Å². The number of benzene rings is 6. The molecule has 0 aliphatic rings. The van der Waals surface area contributed by atoms with Crippen LogP contribution in [0.25, 0.3) is 33.4 Å². The van der Waals surface area contributed by atoms with Crippen LogP contribution >= 0.6 is 0 Å². The minimum Gasteiger partial charge on any atom is -0.462 e. The van der Waals surface area contributed by atoms with Gasteiger partial charge in [0.1, 0.15) is 0 Å². The molecule has 0 radical (unpaired) electrons. The molecule has 0 bridgehead atoms. The van der Waals surface area contributed by atoms with Crippen molar-refractivity contribution in [3.8, 4) is 33.4 Å². The predicted octanol–water partition coefficient (Wildman–Crippen LogP) is 10.3. The van der Waals surface area contributed by atoms with E-state index in [2.05, 4.69) is 89.8 Å². The van der Waals surface area contributed by atoms with Gasteiger partial charge >= 0.3 is 5.97 Å². The lowest BCUT2D eigenvalue weighted by Gasteiger charge is -2.25. The fourth-order valence-corrected chi connectivity index (χ4v) is 5.33. The number of nitrogens with zero attached hydrogens (tertiary/aromatic N) is 1. The van der Waals surface area contributed by atoms with Gasteiger partial charge in [-0.1, -0.05) is 109 Å². The fourth-order valence-electron chi connectivity index (χ4n) is 5.33. The van der Waals surface area contributed by atoms with Crippen LogP contribution in [0.1, 0.15) is 17.3 Å². The van der Waals surface area contributed by atoms with E-state index in [1.54, 1.807) is 0 Å². The topological polar surface area (TPSA) is 29.5 Å². The second kappa shape index (κ2) is 12.4. The van der Waals surface area contributed by atoms with Crippen molar-refractivity contribution in [1.29, 1.82) is 0 Å². The van der Waals surface area contributed by atoms with E-state index >= 15 is 0 Å². The summed E-state index contributed by atoms with van der Waals surface area (Å²) in [6.07, 6.45) is 0. The first-order valence-corrected chi connectivity index (χ1v) is 14.2. The monoisotopic (exact) mass is 545 g/mol. The molecule has 0 aliphatic heterocycles. The minimum atomic E-state index is -0.321. The zero-order valence-corrected chi connectivity index (χ0v) is 23.5. The van der Waals surface area contributed by atoms with Gasteiger partial charge in [-0.2, -0.15) is 0 Å². The Balaban J connectivity index is 1.50. The average molecular weight is 546 g/mol. The smallest absolute Gasteiger partial charge is 0.339 e. The molecule has 0 heterocycles. The molecule has 0 saturated carbocycles. The largest absolute Gasteiger partial charge is 0.462 e. The van der Waals surface area contributed by atoms with Crippen molar-refractivity contribution in [2.24, 2.45) is 0 Å². The summed E-state index contributed by atoms with van der Waals surface area (Å²) in [4.78, 5) is 15.7. The van der Waals surface area contributed by atoms with Gasteiger partial charge in [-0.3, -0.25) is 0 Å². The summed E-state index contributed by atoms with van der Waals surface area (Å²) in [5, 5.41) is 0. The predicted molar refractivity (Wildman–Crippen MR) is 173 cm³/mol. The lowest BCUT2D eigenvalue weighted by molar-refractivity contribution is 0.0528. The summed E-state index contributed by atoms with van der Waals surface area (Å²) in [6.45, 7) is 2.15. The molecular weight excluding hydrogens is 514 g/mol. The third-order valence-electron chi connectivity index (χ3n) is 7.28. The van der Waals surface area contributed by atoms with Crippen molar-refractivity contribution in [3.63, 3.8) is 0 Å². The molecule has 0 aromatic heterocycles. The summed E-state index contributed by atoms with van der Waals surface area (Å²) in [5.74, 6) is -0.321. The van der Waals surface area contributed by atoms with E-state index in [4.69, 9.17) is 4.74 Å². The number of carbonyl (C=O) groups excluding carboxylic acids is 1. The summed E-state index contributed by atoms with van der Waals surface area (Å²) in [6, 6.07) is 53.7. The van der Waals surface area contributed by atoms with E-state index in [0.29, 0.717) is 12.2 Å². The summed E-state index contributed by atoms with van der Waals surface area (Å²) < 4.78 is 5.58. The summed E-state index contributed by atoms with van der Waals surface area (Å²) in [7, 11) is 0.